The van der Waals surface area contributed by atoms with E-state index < -0.39 is 0 Å². The van der Waals surface area contributed by atoms with Gasteiger partial charge in [-0.3, -0.25) is 4.79 Å². The molecule has 0 saturated heterocycles. The van der Waals surface area contributed by atoms with Crippen LogP contribution < -0.4 is 5.32 Å². The van der Waals surface area contributed by atoms with Crippen LogP contribution in [0.3, 0.4) is 0 Å². The van der Waals surface area contributed by atoms with Crippen LogP contribution >= 0.6 is 0 Å². The number of carbonyl (C=O) groups is 2. The van der Waals surface area contributed by atoms with E-state index in [0.717, 1.165) is 18.5 Å². The van der Waals surface area contributed by atoms with Crippen molar-refractivity contribution in [3.05, 3.63) is 53.9 Å². The Balaban J connectivity index is 2.10. The van der Waals surface area contributed by atoms with Gasteiger partial charge in [0.2, 0.25) is 5.91 Å². The molecule has 0 spiro atoms. The largest absolute Gasteiger partial charge is 0.382 e. The summed E-state index contributed by atoms with van der Waals surface area (Å²) < 4.78 is 7.41. The Morgan fingerprint density at radius 1 is 1.09 bits per heavy atom. The van der Waals surface area contributed by atoms with E-state index in [9.17, 15) is 9.59 Å². The summed E-state index contributed by atoms with van der Waals surface area (Å²) in [6.45, 7) is 6.69. The average molecular weight is 454 g/mol. The summed E-state index contributed by atoms with van der Waals surface area (Å²) in [4.78, 5) is 29.6. The fourth-order valence-corrected chi connectivity index (χ4v) is 3.35. The summed E-state index contributed by atoms with van der Waals surface area (Å²) in [6.07, 6.45) is 4.48. The lowest BCUT2D eigenvalue weighted by Crippen LogP contribution is -2.45. The summed E-state index contributed by atoms with van der Waals surface area (Å²) in [7, 11) is 1.96. The topological polar surface area (TPSA) is 90.6 Å². The number of aryl methyl sites for hydroxylation is 1. The van der Waals surface area contributed by atoms with Gasteiger partial charge in [0.1, 0.15) is 6.54 Å². The van der Waals surface area contributed by atoms with E-state index in [2.05, 4.69) is 18.3 Å². The maximum Gasteiger partial charge on any atom is 0.322 e. The number of carbonyl (C=O) groups excluding carboxylic acids is 2. The van der Waals surface area contributed by atoms with Crippen molar-refractivity contribution >= 4 is 17.6 Å². The fraction of sp³-hybridized carbons (Fsp3) is 0.480. The van der Waals surface area contributed by atoms with Crippen molar-refractivity contribution in [1.29, 1.82) is 5.26 Å². The molecule has 0 aliphatic rings. The van der Waals surface area contributed by atoms with Crippen LogP contribution in [0, 0.1) is 11.3 Å². The lowest BCUT2D eigenvalue weighted by atomic mass is 10.2. The first-order valence-electron chi connectivity index (χ1n) is 11.5. The zero-order chi connectivity index (χ0) is 24.1. The van der Waals surface area contributed by atoms with Crippen LogP contribution in [-0.2, 0) is 23.1 Å². The molecule has 1 heterocycles. The highest BCUT2D eigenvalue weighted by Crippen LogP contribution is 2.12. The number of aromatic nitrogens is 1. The third-order valence-electron chi connectivity index (χ3n) is 5.34. The van der Waals surface area contributed by atoms with Gasteiger partial charge in [-0.25, -0.2) is 4.79 Å². The Morgan fingerprint density at radius 2 is 1.82 bits per heavy atom. The van der Waals surface area contributed by atoms with Gasteiger partial charge in [-0.05, 0) is 56.2 Å². The first-order chi connectivity index (χ1) is 16.0. The van der Waals surface area contributed by atoms with E-state index >= 15 is 0 Å². The number of hydrogen-bond acceptors (Lipinski definition) is 4. The van der Waals surface area contributed by atoms with Crippen molar-refractivity contribution < 1.29 is 14.3 Å². The van der Waals surface area contributed by atoms with Crippen LogP contribution in [0.2, 0.25) is 0 Å². The molecule has 2 rings (SSSR count). The molecule has 2 aromatic rings. The van der Waals surface area contributed by atoms with Crippen LogP contribution in [0.1, 0.15) is 44.4 Å². The van der Waals surface area contributed by atoms with Gasteiger partial charge < -0.3 is 24.4 Å². The van der Waals surface area contributed by atoms with Crippen LogP contribution in [0.5, 0.6) is 0 Å². The molecule has 0 saturated carbocycles. The van der Waals surface area contributed by atoms with Crippen molar-refractivity contribution in [2.45, 2.75) is 39.7 Å². The molecular formula is C25H35N5O3. The van der Waals surface area contributed by atoms with E-state index in [0.29, 0.717) is 50.5 Å². The van der Waals surface area contributed by atoms with Crippen molar-refractivity contribution in [3.8, 4) is 6.07 Å². The molecule has 0 unspecified atom stereocenters. The van der Waals surface area contributed by atoms with Gasteiger partial charge in [-0.1, -0.05) is 13.3 Å². The molecule has 1 aromatic carbocycles. The number of anilines is 1. The zero-order valence-corrected chi connectivity index (χ0v) is 19.9. The van der Waals surface area contributed by atoms with Crippen LogP contribution in [0.15, 0.2) is 42.6 Å². The number of nitriles is 1. The van der Waals surface area contributed by atoms with Crippen LogP contribution in [0.4, 0.5) is 10.5 Å². The quantitative estimate of drug-likeness (QED) is 0.464. The number of unbranched alkanes of at least 4 members (excludes halogenated alkanes) is 1. The smallest absolute Gasteiger partial charge is 0.322 e. The number of hydrogen-bond donors (Lipinski definition) is 1. The number of ether oxygens (including phenoxy) is 1. The molecular weight excluding hydrogens is 418 g/mol. The monoisotopic (exact) mass is 453 g/mol. The summed E-state index contributed by atoms with van der Waals surface area (Å²) in [5.74, 6) is -0.0870. The number of nitrogens with zero attached hydrogens (tertiary/aromatic N) is 4. The van der Waals surface area contributed by atoms with E-state index in [4.69, 9.17) is 10.00 Å². The normalized spacial score (nSPS) is 10.5. The minimum absolute atomic E-state index is 0.0115. The first-order valence-corrected chi connectivity index (χ1v) is 11.5. The van der Waals surface area contributed by atoms with E-state index in [1.165, 1.54) is 4.90 Å². The Bertz CT molecular complexity index is 917. The third kappa shape index (κ3) is 8.62. The van der Waals surface area contributed by atoms with Gasteiger partial charge in [0.25, 0.3) is 0 Å². The standard InChI is InChI=1S/C25H35N5O3/c1-4-6-15-29(19-23-9-7-14-28(23)3)24(31)20-30(16-8-17-33-5-2)25(32)27-22-12-10-21(18-26)11-13-22/h7,9-14H,4-6,8,15-17,19-20H2,1-3H3,(H,27,32). The number of benzene rings is 1. The Hall–Kier alpha value is -3.31. The maximum absolute atomic E-state index is 13.3. The van der Waals surface area contributed by atoms with E-state index in [-0.39, 0.29) is 18.5 Å². The first kappa shape index (κ1) is 25.9. The zero-order valence-electron chi connectivity index (χ0n) is 19.9. The summed E-state index contributed by atoms with van der Waals surface area (Å²) in [5, 5.41) is 11.8. The number of amides is 3. The van der Waals surface area contributed by atoms with Crippen molar-refractivity contribution in [2.24, 2.45) is 7.05 Å². The SMILES string of the molecule is CCCCN(Cc1cccn1C)C(=O)CN(CCCOCC)C(=O)Nc1ccc(C#N)cc1. The summed E-state index contributed by atoms with van der Waals surface area (Å²) >= 11 is 0. The highest BCUT2D eigenvalue weighted by Gasteiger charge is 2.22. The summed E-state index contributed by atoms with van der Waals surface area (Å²) in [6, 6.07) is 12.3. The van der Waals surface area contributed by atoms with Crippen LogP contribution in [0.25, 0.3) is 0 Å². The lowest BCUT2D eigenvalue weighted by Gasteiger charge is -2.28. The Labute approximate surface area is 196 Å². The third-order valence-corrected chi connectivity index (χ3v) is 5.34. The summed E-state index contributed by atoms with van der Waals surface area (Å²) in [5.41, 5.74) is 2.14. The number of nitrogens with one attached hydrogen (secondary N) is 1. The lowest BCUT2D eigenvalue weighted by molar-refractivity contribution is -0.132. The molecule has 0 aliphatic heterocycles. The van der Waals surface area contributed by atoms with Crippen molar-refractivity contribution in [3.63, 3.8) is 0 Å². The van der Waals surface area contributed by atoms with Crippen molar-refractivity contribution in [2.75, 3.05) is 38.2 Å². The van der Waals surface area contributed by atoms with Gasteiger partial charge in [0.05, 0.1) is 18.2 Å². The number of rotatable bonds is 13. The molecule has 33 heavy (non-hydrogen) atoms. The van der Waals surface area contributed by atoms with Gasteiger partial charge >= 0.3 is 6.03 Å². The molecule has 0 bridgehead atoms. The Kier molecular flexibility index (Phi) is 11.0. The van der Waals surface area contributed by atoms with Crippen molar-refractivity contribution in [1.82, 2.24) is 14.4 Å². The minimum Gasteiger partial charge on any atom is -0.382 e. The van der Waals surface area contributed by atoms with E-state index in [1.807, 2.05) is 41.8 Å². The molecule has 1 aromatic heterocycles. The molecule has 0 radical (unpaired) electrons. The molecule has 0 aliphatic carbocycles. The van der Waals surface area contributed by atoms with Gasteiger partial charge in [0.15, 0.2) is 0 Å². The highest BCUT2D eigenvalue weighted by atomic mass is 16.5. The minimum atomic E-state index is -0.348. The Morgan fingerprint density at radius 3 is 2.42 bits per heavy atom. The molecule has 8 nitrogen and oxygen atoms in total. The molecule has 8 heteroatoms. The number of urea groups is 1. The van der Waals surface area contributed by atoms with Crippen LogP contribution in [-0.4, -0.2) is 59.2 Å². The van der Waals surface area contributed by atoms with Gasteiger partial charge in [-0.2, -0.15) is 5.26 Å². The second-order valence-corrected chi connectivity index (χ2v) is 7.87. The predicted molar refractivity (Wildman–Crippen MR) is 129 cm³/mol. The average Bonchev–Trinajstić information content (AvgIpc) is 3.23. The second kappa shape index (κ2) is 14.0. The second-order valence-electron chi connectivity index (χ2n) is 7.87. The highest BCUT2D eigenvalue weighted by molar-refractivity contribution is 5.92. The fourth-order valence-electron chi connectivity index (χ4n) is 3.35. The van der Waals surface area contributed by atoms with Gasteiger partial charge in [0, 0.05) is 50.9 Å². The molecule has 1 N–H and O–H groups in total. The van der Waals surface area contributed by atoms with Gasteiger partial charge in [-0.15, -0.1) is 0 Å². The molecule has 3 amide bonds. The van der Waals surface area contributed by atoms with E-state index in [1.54, 1.807) is 24.3 Å². The molecule has 178 valence electrons. The molecule has 0 atom stereocenters. The molecule has 0 fully saturated rings. The predicted octanol–water partition coefficient (Wildman–Crippen LogP) is 3.99. The maximum atomic E-state index is 13.3.